The third kappa shape index (κ3) is 1.73. The zero-order chi connectivity index (χ0) is 11.0. The normalized spacial score (nSPS) is 14.4. The van der Waals surface area contributed by atoms with E-state index in [1.807, 2.05) is 0 Å². The molecular weight excluding hydrogens is 214 g/mol. The van der Waals surface area contributed by atoms with Gasteiger partial charge in [0.2, 0.25) is 10.3 Å². The van der Waals surface area contributed by atoms with Crippen LogP contribution in [0.4, 0.5) is 5.69 Å². The van der Waals surface area contributed by atoms with Crippen LogP contribution in [0.25, 0.3) is 11.8 Å². The summed E-state index contributed by atoms with van der Waals surface area (Å²) in [5.41, 5.74) is 6.11. The van der Waals surface area contributed by atoms with Crippen molar-refractivity contribution in [1.82, 2.24) is 0 Å². The van der Waals surface area contributed by atoms with Crippen LogP contribution in [0, 0.1) is 0 Å². The van der Waals surface area contributed by atoms with Gasteiger partial charge in [-0.3, -0.25) is 0 Å². The molecule has 2 rings (SSSR count). The van der Waals surface area contributed by atoms with Gasteiger partial charge in [0, 0.05) is 17.3 Å². The summed E-state index contributed by atoms with van der Waals surface area (Å²) in [4.78, 5) is 0.172. The van der Waals surface area contributed by atoms with Gasteiger partial charge in [-0.2, -0.15) is 8.42 Å². The summed E-state index contributed by atoms with van der Waals surface area (Å²) >= 11 is 0. The number of hydrogen-bond donors (Lipinski definition) is 2. The van der Waals surface area contributed by atoms with Crippen LogP contribution in [0.3, 0.4) is 0 Å². The third-order valence-corrected chi connectivity index (χ3v) is 2.95. The maximum atomic E-state index is 10.8. The molecule has 0 unspecified atom stereocenters. The Morgan fingerprint density at radius 2 is 2.07 bits per heavy atom. The van der Waals surface area contributed by atoms with Gasteiger partial charge < -0.3 is 10.8 Å². The molecule has 3 N–H and O–H groups in total. The number of aliphatic hydroxyl groups is 1. The van der Waals surface area contributed by atoms with E-state index in [2.05, 4.69) is 0 Å². The highest BCUT2D eigenvalue weighted by atomic mass is 32.2. The maximum absolute atomic E-state index is 10.8. The summed E-state index contributed by atoms with van der Waals surface area (Å²) in [5.74, 6) is 0.0618. The fourth-order valence-corrected chi connectivity index (χ4v) is 2.03. The van der Waals surface area contributed by atoms with Crippen LogP contribution in [0.2, 0.25) is 0 Å². The first-order chi connectivity index (χ1) is 7.08. The Kier molecular flexibility index (Phi) is 2.24. The molecule has 0 atom stereocenters. The minimum Gasteiger partial charge on any atom is -0.511 e. The predicted octanol–water partition coefficient (Wildman–Crippen LogP) is -0.829. The van der Waals surface area contributed by atoms with Crippen molar-refractivity contribution in [2.75, 3.05) is 5.73 Å². The Bertz CT molecular complexity index is 663. The van der Waals surface area contributed by atoms with E-state index in [0.717, 1.165) is 0 Å². The number of benzene rings is 1. The summed E-state index contributed by atoms with van der Waals surface area (Å²) < 4.78 is 21.5. The van der Waals surface area contributed by atoms with Crippen molar-refractivity contribution in [2.45, 2.75) is 6.42 Å². The molecule has 0 amide bonds. The van der Waals surface area contributed by atoms with Gasteiger partial charge in [0.25, 0.3) is 0 Å². The van der Waals surface area contributed by atoms with Crippen molar-refractivity contribution in [2.24, 2.45) is 0 Å². The molecule has 1 aromatic carbocycles. The molecule has 0 saturated heterocycles. The number of anilines is 1. The molecule has 0 aliphatic heterocycles. The molecule has 15 heavy (non-hydrogen) atoms. The molecule has 0 radical (unpaired) electrons. The van der Waals surface area contributed by atoms with E-state index in [0.29, 0.717) is 16.1 Å². The van der Waals surface area contributed by atoms with Crippen LogP contribution in [0.1, 0.15) is 6.42 Å². The molecule has 1 aliphatic carbocycles. The van der Waals surface area contributed by atoms with Gasteiger partial charge in [0.15, 0.2) is 0 Å². The highest BCUT2D eigenvalue weighted by Crippen LogP contribution is 2.02. The van der Waals surface area contributed by atoms with E-state index < -0.39 is 10.3 Å². The summed E-state index contributed by atoms with van der Waals surface area (Å²) in [6, 6.07) is 4.99. The van der Waals surface area contributed by atoms with E-state index in [-0.39, 0.29) is 17.0 Å². The van der Waals surface area contributed by atoms with E-state index >= 15 is 0 Å². The minimum absolute atomic E-state index is 0.0486. The molecule has 1 aromatic rings. The van der Waals surface area contributed by atoms with Crippen molar-refractivity contribution in [1.29, 1.82) is 0 Å². The average Bonchev–Trinajstić information content (AvgIpc) is 2.16. The summed E-state index contributed by atoms with van der Waals surface area (Å²) in [5, 5.41) is 10.9. The van der Waals surface area contributed by atoms with Crippen LogP contribution in [0.15, 0.2) is 18.2 Å². The third-order valence-electron chi connectivity index (χ3n) is 2.26. The lowest BCUT2D eigenvalue weighted by molar-refractivity contribution is 0.491. The molecule has 1 aliphatic rings. The van der Waals surface area contributed by atoms with Gasteiger partial charge in [0.1, 0.15) is 5.76 Å². The number of aliphatic hydroxyl groups excluding tert-OH is 1. The van der Waals surface area contributed by atoms with E-state index in [9.17, 15) is 13.5 Å². The van der Waals surface area contributed by atoms with Crippen LogP contribution in [0.5, 0.6) is 0 Å². The molecule has 78 valence electrons. The van der Waals surface area contributed by atoms with Gasteiger partial charge in [0.05, 0.1) is 4.86 Å². The van der Waals surface area contributed by atoms with Crippen molar-refractivity contribution in [3.63, 3.8) is 0 Å². The predicted molar refractivity (Wildman–Crippen MR) is 59.2 cm³/mol. The van der Waals surface area contributed by atoms with Crippen LogP contribution in [-0.4, -0.2) is 18.4 Å². The SMILES string of the molecule is Nc1ccc2c(c1)=CC(=S(=O)=O)CC=2O. The molecule has 5 heteroatoms. The van der Waals surface area contributed by atoms with Gasteiger partial charge in [-0.15, -0.1) is 0 Å². The fraction of sp³-hybridized carbons (Fsp3) is 0.100. The van der Waals surface area contributed by atoms with Crippen molar-refractivity contribution >= 4 is 32.7 Å². The van der Waals surface area contributed by atoms with Crippen LogP contribution >= 0.6 is 0 Å². The molecule has 0 spiro atoms. The number of hydrogen-bond acceptors (Lipinski definition) is 4. The number of rotatable bonds is 0. The number of fused-ring (bicyclic) bond motifs is 1. The topological polar surface area (TPSA) is 80.4 Å². The Hall–Kier alpha value is -1.75. The highest BCUT2D eigenvalue weighted by molar-refractivity contribution is 7.73. The lowest BCUT2D eigenvalue weighted by atomic mass is 10.1. The van der Waals surface area contributed by atoms with Gasteiger partial charge in [-0.05, 0) is 29.5 Å². The number of nitrogen functional groups attached to an aromatic ring is 1. The van der Waals surface area contributed by atoms with Crippen LogP contribution < -0.4 is 16.2 Å². The Morgan fingerprint density at radius 1 is 1.33 bits per heavy atom. The summed E-state index contributed by atoms with van der Waals surface area (Å²) in [7, 11) is -2.30. The monoisotopic (exact) mass is 223 g/mol. The van der Waals surface area contributed by atoms with E-state index in [1.54, 1.807) is 18.2 Å². The lowest BCUT2D eigenvalue weighted by Crippen LogP contribution is -2.32. The van der Waals surface area contributed by atoms with Crippen molar-refractivity contribution in [3.05, 3.63) is 28.6 Å². The molecule has 0 aromatic heterocycles. The standard InChI is InChI=1S/C10H9NO3S/c11-7-1-2-9-6(3-7)4-8(15(13)14)5-10(9)12/h1-4,12H,5,11H2. The first-order valence-electron chi connectivity index (χ1n) is 4.32. The van der Waals surface area contributed by atoms with Crippen LogP contribution in [-0.2, 0) is 10.3 Å². The van der Waals surface area contributed by atoms with Crippen molar-refractivity contribution in [3.8, 4) is 0 Å². The Balaban J connectivity index is 2.92. The number of nitrogens with two attached hydrogens (primary N) is 1. The quantitative estimate of drug-likeness (QED) is 0.444. The second-order valence-electron chi connectivity index (χ2n) is 3.32. The summed E-state index contributed by atoms with van der Waals surface area (Å²) in [6.07, 6.45) is 1.57. The molecule has 0 bridgehead atoms. The fourth-order valence-electron chi connectivity index (χ4n) is 1.56. The maximum Gasteiger partial charge on any atom is 0.217 e. The van der Waals surface area contributed by atoms with E-state index in [1.165, 1.54) is 6.08 Å². The minimum atomic E-state index is -2.30. The summed E-state index contributed by atoms with van der Waals surface area (Å²) in [6.45, 7) is 0. The molecule has 0 heterocycles. The molecular formula is C10H9NO3S. The largest absolute Gasteiger partial charge is 0.511 e. The molecule has 0 fully saturated rings. The Labute approximate surface area is 87.5 Å². The van der Waals surface area contributed by atoms with Gasteiger partial charge >= 0.3 is 0 Å². The zero-order valence-corrected chi connectivity index (χ0v) is 8.58. The lowest BCUT2D eigenvalue weighted by Gasteiger charge is -2.05. The first-order valence-corrected chi connectivity index (χ1v) is 5.40. The average molecular weight is 223 g/mol. The zero-order valence-electron chi connectivity index (χ0n) is 7.77. The van der Waals surface area contributed by atoms with Gasteiger partial charge in [-0.1, -0.05) is 0 Å². The Morgan fingerprint density at radius 3 is 2.73 bits per heavy atom. The molecule has 4 nitrogen and oxygen atoms in total. The first kappa shape index (κ1) is 9.79. The van der Waals surface area contributed by atoms with E-state index in [4.69, 9.17) is 5.73 Å². The van der Waals surface area contributed by atoms with Gasteiger partial charge in [-0.25, -0.2) is 0 Å². The second-order valence-corrected chi connectivity index (χ2v) is 4.31. The highest BCUT2D eigenvalue weighted by Gasteiger charge is 2.09. The smallest absolute Gasteiger partial charge is 0.217 e. The van der Waals surface area contributed by atoms with Crippen molar-refractivity contribution < 1.29 is 13.5 Å². The molecule has 0 saturated carbocycles. The second kappa shape index (κ2) is 3.43.